The summed E-state index contributed by atoms with van der Waals surface area (Å²) in [5.41, 5.74) is 1.18. The van der Waals surface area contributed by atoms with Crippen molar-refractivity contribution in [1.29, 1.82) is 5.41 Å². The van der Waals surface area contributed by atoms with Gasteiger partial charge < -0.3 is 5.11 Å². The van der Waals surface area contributed by atoms with Crippen molar-refractivity contribution in [2.45, 2.75) is 19.8 Å². The second-order valence-electron chi connectivity index (χ2n) is 2.85. The molecule has 0 saturated carbocycles. The lowest BCUT2D eigenvalue weighted by atomic mass is 10.0. The molecule has 1 aromatic carbocycles. The highest BCUT2D eigenvalue weighted by molar-refractivity contribution is 5.28. The molecule has 2 N–H and O–H groups in total. The summed E-state index contributed by atoms with van der Waals surface area (Å²) in [5, 5.41) is 14.5. The van der Waals surface area contributed by atoms with Crippen LogP contribution in [-0.4, -0.2) is 11.2 Å². The van der Waals surface area contributed by atoms with E-state index in [1.807, 2.05) is 12.1 Å². The number of carbonyl (C=O) groups excluding carboxylic acids is 1. The molecule has 0 amide bonds. The number of nitrogens with one attached hydrogen (secondary N) is 1. The fourth-order valence-corrected chi connectivity index (χ4v) is 0.884. The normalized spacial score (nSPS) is 8.54. The van der Waals surface area contributed by atoms with Crippen LogP contribution < -0.4 is 0 Å². The van der Waals surface area contributed by atoms with Gasteiger partial charge >= 0.3 is 0 Å². The average molecular weight is 179 g/mol. The number of isocyanates is 1. The van der Waals surface area contributed by atoms with Gasteiger partial charge in [-0.2, -0.15) is 0 Å². The van der Waals surface area contributed by atoms with Crippen molar-refractivity contribution in [2.75, 3.05) is 0 Å². The van der Waals surface area contributed by atoms with Gasteiger partial charge in [0.1, 0.15) is 5.75 Å². The first-order valence-electron chi connectivity index (χ1n) is 3.94. The number of aromatic hydroxyl groups is 1. The lowest BCUT2D eigenvalue weighted by Gasteiger charge is -2.03. The Hall–Kier alpha value is -1.60. The zero-order chi connectivity index (χ0) is 10.3. The molecule has 0 atom stereocenters. The zero-order valence-electron chi connectivity index (χ0n) is 7.74. The van der Waals surface area contributed by atoms with Crippen molar-refractivity contribution in [2.24, 2.45) is 0 Å². The Balaban J connectivity index is 0.000000424. The van der Waals surface area contributed by atoms with Crippen molar-refractivity contribution in [3.05, 3.63) is 29.8 Å². The molecule has 0 aliphatic rings. The number of hydrogen-bond acceptors (Lipinski definition) is 3. The van der Waals surface area contributed by atoms with E-state index in [2.05, 4.69) is 13.8 Å². The number of rotatable bonds is 1. The van der Waals surface area contributed by atoms with E-state index in [1.54, 1.807) is 12.1 Å². The molecule has 70 valence electrons. The Labute approximate surface area is 77.5 Å². The Morgan fingerprint density at radius 1 is 1.46 bits per heavy atom. The molecule has 1 aromatic rings. The summed E-state index contributed by atoms with van der Waals surface area (Å²) < 4.78 is 0. The molecule has 0 aliphatic carbocycles. The Morgan fingerprint density at radius 3 is 2.31 bits per heavy atom. The highest BCUT2D eigenvalue weighted by Crippen LogP contribution is 2.18. The highest BCUT2D eigenvalue weighted by Gasteiger charge is 1.97. The molecule has 0 saturated heterocycles. The van der Waals surface area contributed by atoms with E-state index in [-0.39, 0.29) is 0 Å². The van der Waals surface area contributed by atoms with E-state index in [1.165, 1.54) is 5.56 Å². The molecule has 0 unspecified atom stereocenters. The van der Waals surface area contributed by atoms with E-state index in [0.29, 0.717) is 11.7 Å². The van der Waals surface area contributed by atoms with Gasteiger partial charge in [0.25, 0.3) is 0 Å². The zero-order valence-corrected chi connectivity index (χ0v) is 7.74. The SMILES string of the molecule is CC(C)c1cccc(O)c1.N=C=O. The topological polar surface area (TPSA) is 61.1 Å². The van der Waals surface area contributed by atoms with Gasteiger partial charge in [-0.1, -0.05) is 26.0 Å². The molecule has 1 rings (SSSR count). The molecule has 0 bridgehead atoms. The van der Waals surface area contributed by atoms with Gasteiger partial charge in [0.15, 0.2) is 0 Å². The van der Waals surface area contributed by atoms with Crippen LogP contribution in [-0.2, 0) is 4.79 Å². The first-order valence-corrected chi connectivity index (χ1v) is 3.94. The van der Waals surface area contributed by atoms with Crippen molar-refractivity contribution < 1.29 is 9.90 Å². The molecule has 13 heavy (non-hydrogen) atoms. The second kappa shape index (κ2) is 5.98. The van der Waals surface area contributed by atoms with Crippen LogP contribution in [0.4, 0.5) is 0 Å². The summed E-state index contributed by atoms with van der Waals surface area (Å²) in [6.07, 6.45) is 0.750. The third kappa shape index (κ3) is 4.77. The first-order chi connectivity index (χ1) is 6.11. The predicted octanol–water partition coefficient (Wildman–Crippen LogP) is 2.42. The summed E-state index contributed by atoms with van der Waals surface area (Å²) in [4.78, 5) is 8.35. The second-order valence-corrected chi connectivity index (χ2v) is 2.85. The third-order valence-corrected chi connectivity index (χ3v) is 1.54. The van der Waals surface area contributed by atoms with E-state index < -0.39 is 0 Å². The smallest absolute Gasteiger partial charge is 0.231 e. The fraction of sp³-hybridized carbons (Fsp3) is 0.300. The van der Waals surface area contributed by atoms with Crippen molar-refractivity contribution >= 4 is 6.08 Å². The fourth-order valence-electron chi connectivity index (χ4n) is 0.884. The number of phenols is 1. The molecule has 0 spiro atoms. The standard InChI is InChI=1S/C9H12O.CHNO/c1-7(2)8-4-3-5-9(10)6-8;2-1-3/h3-7,10H,1-2H3;2H. The van der Waals surface area contributed by atoms with Crippen LogP contribution in [0.5, 0.6) is 5.75 Å². The molecular formula is C10H13NO2. The van der Waals surface area contributed by atoms with E-state index in [4.69, 9.17) is 15.3 Å². The maximum absolute atomic E-state index is 9.06. The van der Waals surface area contributed by atoms with Crippen molar-refractivity contribution in [3.63, 3.8) is 0 Å². The van der Waals surface area contributed by atoms with Gasteiger partial charge in [-0.15, -0.1) is 0 Å². The van der Waals surface area contributed by atoms with Gasteiger partial charge in [0.05, 0.1) is 0 Å². The lowest BCUT2D eigenvalue weighted by Crippen LogP contribution is -1.84. The van der Waals surface area contributed by atoms with Gasteiger partial charge in [-0.05, 0) is 23.6 Å². The molecule has 0 heterocycles. The maximum atomic E-state index is 9.06. The minimum atomic E-state index is 0.353. The molecule has 3 heteroatoms. The van der Waals surface area contributed by atoms with Crippen molar-refractivity contribution in [3.8, 4) is 5.75 Å². The summed E-state index contributed by atoms with van der Waals surface area (Å²) >= 11 is 0. The molecule has 0 aromatic heterocycles. The summed E-state index contributed by atoms with van der Waals surface area (Å²) in [5.74, 6) is 0.846. The Morgan fingerprint density at radius 2 is 2.00 bits per heavy atom. The quantitative estimate of drug-likeness (QED) is 0.513. The Bertz CT molecular complexity index is 289. The van der Waals surface area contributed by atoms with Crippen LogP contribution in [0, 0.1) is 5.41 Å². The minimum absolute atomic E-state index is 0.353. The van der Waals surface area contributed by atoms with Crippen LogP contribution in [0.15, 0.2) is 24.3 Å². The summed E-state index contributed by atoms with van der Waals surface area (Å²) in [7, 11) is 0. The molecule has 0 aliphatic heterocycles. The Kier molecular flexibility index (Phi) is 5.24. The van der Waals surface area contributed by atoms with Gasteiger partial charge in [-0.25, -0.2) is 10.2 Å². The molecule has 0 radical (unpaired) electrons. The predicted molar refractivity (Wildman–Crippen MR) is 50.6 cm³/mol. The third-order valence-electron chi connectivity index (χ3n) is 1.54. The van der Waals surface area contributed by atoms with Gasteiger partial charge in [-0.3, -0.25) is 0 Å². The van der Waals surface area contributed by atoms with Crippen LogP contribution in [0.1, 0.15) is 25.3 Å². The monoisotopic (exact) mass is 179 g/mol. The van der Waals surface area contributed by atoms with Crippen molar-refractivity contribution in [1.82, 2.24) is 0 Å². The minimum Gasteiger partial charge on any atom is -0.508 e. The largest absolute Gasteiger partial charge is 0.508 e. The number of benzene rings is 1. The molecule has 3 nitrogen and oxygen atoms in total. The van der Waals surface area contributed by atoms with E-state index >= 15 is 0 Å². The average Bonchev–Trinajstić information content (AvgIpc) is 2.05. The highest BCUT2D eigenvalue weighted by atomic mass is 16.3. The first kappa shape index (κ1) is 11.4. The van der Waals surface area contributed by atoms with E-state index in [9.17, 15) is 0 Å². The molecular weight excluding hydrogens is 166 g/mol. The van der Waals surface area contributed by atoms with Gasteiger partial charge in [0.2, 0.25) is 6.08 Å². The van der Waals surface area contributed by atoms with Crippen LogP contribution in [0.2, 0.25) is 0 Å². The lowest BCUT2D eigenvalue weighted by molar-refractivity contribution is 0.474. The summed E-state index contributed by atoms with van der Waals surface area (Å²) in [6.45, 7) is 4.21. The molecule has 0 fully saturated rings. The van der Waals surface area contributed by atoms with Gasteiger partial charge in [0, 0.05) is 0 Å². The summed E-state index contributed by atoms with van der Waals surface area (Å²) in [6, 6.07) is 7.37. The van der Waals surface area contributed by atoms with Crippen LogP contribution in [0.3, 0.4) is 0 Å². The van der Waals surface area contributed by atoms with Crippen LogP contribution in [0.25, 0.3) is 0 Å². The maximum Gasteiger partial charge on any atom is 0.231 e. The number of phenolic OH excluding ortho intramolecular Hbond substituents is 1. The number of hydrogen-bond donors (Lipinski definition) is 2. The van der Waals surface area contributed by atoms with E-state index in [0.717, 1.165) is 6.08 Å². The van der Waals surface area contributed by atoms with Crippen LogP contribution >= 0.6 is 0 Å².